The van der Waals surface area contributed by atoms with Gasteiger partial charge in [0.2, 0.25) is 0 Å². The van der Waals surface area contributed by atoms with Crippen LogP contribution in [0.2, 0.25) is 5.02 Å². The second-order valence-electron chi connectivity index (χ2n) is 3.63. The lowest BCUT2D eigenvalue weighted by molar-refractivity contribution is 0.539. The predicted octanol–water partition coefficient (Wildman–Crippen LogP) is 3.71. The Morgan fingerprint density at radius 1 is 1.43 bits per heavy atom. The first kappa shape index (κ1) is 11.5. The Morgan fingerprint density at radius 2 is 2.14 bits per heavy atom. The van der Waals surface area contributed by atoms with Crippen LogP contribution >= 0.6 is 11.6 Å². The topological polar surface area (TPSA) is 12.0 Å². The largest absolute Gasteiger partial charge is 0.313 e. The summed E-state index contributed by atoms with van der Waals surface area (Å²) < 4.78 is 0. The third kappa shape index (κ3) is 2.73. The number of hydrogen-bond donors (Lipinski definition) is 1. The van der Waals surface area contributed by atoms with Crippen LogP contribution in [0, 0.1) is 6.92 Å². The average Bonchev–Trinajstić information content (AvgIpc) is 2.18. The van der Waals surface area contributed by atoms with E-state index in [0.29, 0.717) is 6.04 Å². The van der Waals surface area contributed by atoms with E-state index in [1.54, 1.807) is 0 Å². The number of nitrogens with one attached hydrogen (secondary N) is 1. The van der Waals surface area contributed by atoms with Gasteiger partial charge >= 0.3 is 0 Å². The van der Waals surface area contributed by atoms with Gasteiger partial charge in [-0.2, -0.15) is 0 Å². The minimum absolute atomic E-state index is 0.429. The average molecular weight is 212 g/mol. The zero-order valence-corrected chi connectivity index (χ0v) is 9.86. The van der Waals surface area contributed by atoms with Crippen molar-refractivity contribution in [3.05, 3.63) is 34.3 Å². The van der Waals surface area contributed by atoms with Gasteiger partial charge in [0.15, 0.2) is 0 Å². The summed E-state index contributed by atoms with van der Waals surface area (Å²) in [5, 5.41) is 4.15. The van der Waals surface area contributed by atoms with Crippen LogP contribution in [0.15, 0.2) is 18.2 Å². The Kier molecular flexibility index (Phi) is 4.43. The molecule has 0 aliphatic carbocycles. The molecule has 0 saturated heterocycles. The molecular weight excluding hydrogens is 194 g/mol. The fraction of sp³-hybridized carbons (Fsp3) is 0.500. The van der Waals surface area contributed by atoms with Crippen LogP contribution in [-0.2, 0) is 0 Å². The molecule has 0 saturated carbocycles. The molecule has 14 heavy (non-hydrogen) atoms. The highest BCUT2D eigenvalue weighted by Gasteiger charge is 2.10. The number of aryl methyl sites for hydroxylation is 1. The van der Waals surface area contributed by atoms with Gasteiger partial charge in [-0.05, 0) is 43.7 Å². The van der Waals surface area contributed by atoms with Crippen LogP contribution in [0.25, 0.3) is 0 Å². The highest BCUT2D eigenvalue weighted by molar-refractivity contribution is 6.30. The molecule has 0 radical (unpaired) electrons. The maximum atomic E-state index is 5.99. The van der Waals surface area contributed by atoms with Gasteiger partial charge in [-0.3, -0.25) is 0 Å². The molecule has 1 N–H and O–H groups in total. The minimum atomic E-state index is 0.429. The summed E-state index contributed by atoms with van der Waals surface area (Å²) in [6.07, 6.45) is 2.33. The molecule has 1 aromatic carbocycles. The van der Waals surface area contributed by atoms with Crippen molar-refractivity contribution in [3.8, 4) is 0 Å². The summed E-state index contributed by atoms with van der Waals surface area (Å²) in [7, 11) is 2.00. The highest BCUT2D eigenvalue weighted by Crippen LogP contribution is 2.24. The van der Waals surface area contributed by atoms with Gasteiger partial charge in [0.05, 0.1) is 0 Å². The van der Waals surface area contributed by atoms with Crippen LogP contribution in [0.1, 0.15) is 36.9 Å². The molecule has 2 heteroatoms. The van der Waals surface area contributed by atoms with Crippen LogP contribution in [0.4, 0.5) is 0 Å². The lowest BCUT2D eigenvalue weighted by Crippen LogP contribution is -2.17. The van der Waals surface area contributed by atoms with Crippen molar-refractivity contribution >= 4 is 11.6 Å². The summed E-state index contributed by atoms with van der Waals surface area (Å²) in [6, 6.07) is 6.52. The molecule has 0 amide bonds. The van der Waals surface area contributed by atoms with Gasteiger partial charge in [-0.1, -0.05) is 31.0 Å². The molecule has 0 fully saturated rings. The van der Waals surface area contributed by atoms with Crippen molar-refractivity contribution in [2.45, 2.75) is 32.7 Å². The Labute approximate surface area is 91.5 Å². The van der Waals surface area contributed by atoms with Gasteiger partial charge in [0.1, 0.15) is 0 Å². The highest BCUT2D eigenvalue weighted by atomic mass is 35.5. The number of halogens is 1. The molecule has 1 nitrogen and oxygen atoms in total. The van der Waals surface area contributed by atoms with Gasteiger partial charge in [-0.15, -0.1) is 0 Å². The second kappa shape index (κ2) is 5.38. The second-order valence-corrected chi connectivity index (χ2v) is 4.07. The summed E-state index contributed by atoms with van der Waals surface area (Å²) in [4.78, 5) is 0. The Balaban J connectivity index is 2.96. The predicted molar refractivity (Wildman–Crippen MR) is 62.9 cm³/mol. The van der Waals surface area contributed by atoms with Gasteiger partial charge in [0.25, 0.3) is 0 Å². The molecule has 0 bridgehead atoms. The zero-order chi connectivity index (χ0) is 10.6. The minimum Gasteiger partial charge on any atom is -0.313 e. The van der Waals surface area contributed by atoms with Crippen LogP contribution in [-0.4, -0.2) is 7.05 Å². The standard InChI is InChI=1S/C12H18ClN/c1-4-5-12(14-3)11-8-10(13)7-6-9(11)2/h6-8,12,14H,4-5H2,1-3H3. The summed E-state index contributed by atoms with van der Waals surface area (Å²) in [6.45, 7) is 4.33. The molecule has 78 valence electrons. The molecule has 0 aromatic heterocycles. The SMILES string of the molecule is CCCC(NC)c1cc(Cl)ccc1C. The molecule has 1 aromatic rings. The van der Waals surface area contributed by atoms with E-state index in [2.05, 4.69) is 31.3 Å². The van der Waals surface area contributed by atoms with E-state index in [1.165, 1.54) is 17.5 Å². The third-order valence-electron chi connectivity index (χ3n) is 2.54. The first-order valence-electron chi connectivity index (χ1n) is 5.12. The Hall–Kier alpha value is -0.530. The van der Waals surface area contributed by atoms with Crippen molar-refractivity contribution in [2.24, 2.45) is 0 Å². The summed E-state index contributed by atoms with van der Waals surface area (Å²) >= 11 is 5.99. The maximum Gasteiger partial charge on any atom is 0.0409 e. The number of benzene rings is 1. The van der Waals surface area contributed by atoms with Crippen molar-refractivity contribution in [1.82, 2.24) is 5.32 Å². The van der Waals surface area contributed by atoms with E-state index in [0.717, 1.165) is 11.4 Å². The summed E-state index contributed by atoms with van der Waals surface area (Å²) in [5.41, 5.74) is 2.63. The molecule has 1 unspecified atom stereocenters. The lowest BCUT2D eigenvalue weighted by atomic mass is 9.98. The normalized spacial score (nSPS) is 12.9. The Morgan fingerprint density at radius 3 is 2.71 bits per heavy atom. The van der Waals surface area contributed by atoms with E-state index in [-0.39, 0.29) is 0 Å². The van der Waals surface area contributed by atoms with Crippen molar-refractivity contribution in [2.75, 3.05) is 7.05 Å². The van der Waals surface area contributed by atoms with E-state index >= 15 is 0 Å². The molecule has 0 aliphatic rings. The first-order valence-corrected chi connectivity index (χ1v) is 5.50. The van der Waals surface area contributed by atoms with Crippen molar-refractivity contribution in [3.63, 3.8) is 0 Å². The van der Waals surface area contributed by atoms with Crippen molar-refractivity contribution < 1.29 is 0 Å². The number of rotatable bonds is 4. The Bertz CT molecular complexity index is 296. The monoisotopic (exact) mass is 211 g/mol. The van der Waals surface area contributed by atoms with Crippen molar-refractivity contribution in [1.29, 1.82) is 0 Å². The number of hydrogen-bond acceptors (Lipinski definition) is 1. The smallest absolute Gasteiger partial charge is 0.0409 e. The van der Waals surface area contributed by atoms with E-state index in [4.69, 9.17) is 11.6 Å². The lowest BCUT2D eigenvalue weighted by Gasteiger charge is -2.18. The third-order valence-corrected chi connectivity index (χ3v) is 2.78. The van der Waals surface area contributed by atoms with E-state index < -0.39 is 0 Å². The molecule has 1 atom stereocenters. The molecule has 1 rings (SSSR count). The van der Waals surface area contributed by atoms with Gasteiger partial charge < -0.3 is 5.32 Å². The molecule has 0 heterocycles. The van der Waals surface area contributed by atoms with Crippen LogP contribution in [0.5, 0.6) is 0 Å². The van der Waals surface area contributed by atoms with Crippen LogP contribution < -0.4 is 5.32 Å². The molecule has 0 aliphatic heterocycles. The quantitative estimate of drug-likeness (QED) is 0.801. The molecular formula is C12H18ClN. The summed E-state index contributed by atoms with van der Waals surface area (Å²) in [5.74, 6) is 0. The van der Waals surface area contributed by atoms with E-state index in [9.17, 15) is 0 Å². The fourth-order valence-electron chi connectivity index (χ4n) is 1.73. The molecule has 0 spiro atoms. The maximum absolute atomic E-state index is 5.99. The van der Waals surface area contributed by atoms with Crippen LogP contribution in [0.3, 0.4) is 0 Å². The van der Waals surface area contributed by atoms with E-state index in [1.807, 2.05) is 13.1 Å². The first-order chi connectivity index (χ1) is 6.69. The zero-order valence-electron chi connectivity index (χ0n) is 9.10. The fourth-order valence-corrected chi connectivity index (χ4v) is 1.91. The van der Waals surface area contributed by atoms with Gasteiger partial charge in [-0.25, -0.2) is 0 Å². The van der Waals surface area contributed by atoms with Gasteiger partial charge in [0, 0.05) is 11.1 Å².